The number of hydrogen-bond donors (Lipinski definition) is 2. The van der Waals surface area contributed by atoms with Crippen molar-refractivity contribution in [1.82, 2.24) is 0 Å². The molecule has 0 heterocycles. The first-order valence-electron chi connectivity index (χ1n) is 8.08. The number of rotatable bonds is 7. The highest BCUT2D eigenvalue weighted by molar-refractivity contribution is 7.93. The van der Waals surface area contributed by atoms with E-state index in [2.05, 4.69) is 0 Å². The minimum atomic E-state index is -4.41. The zero-order chi connectivity index (χ0) is 19.3. The lowest BCUT2D eigenvalue weighted by Crippen LogP contribution is -2.36. The lowest BCUT2D eigenvalue weighted by atomic mass is 10.2. The molecule has 0 fully saturated rings. The van der Waals surface area contributed by atoms with Crippen molar-refractivity contribution >= 4 is 21.8 Å². The zero-order valence-electron chi connectivity index (χ0n) is 14.5. The number of ether oxygens (including phenoxy) is 1. The van der Waals surface area contributed by atoms with Gasteiger partial charge in [-0.05, 0) is 49.2 Å². The molecule has 0 aliphatic carbocycles. The topological polar surface area (TPSA) is 104 Å². The molecular weight excluding hydrogens is 358 g/mol. The normalized spacial score (nSPS) is 11.2. The third-order valence-electron chi connectivity index (χ3n) is 3.70. The number of phenols is 1. The summed E-state index contributed by atoms with van der Waals surface area (Å²) in [4.78, 5) is 11.4. The Hall–Kier alpha value is -2.74. The summed E-state index contributed by atoms with van der Waals surface area (Å²) in [6.45, 7) is 4.09. The molecular formula is C18H21NO6S. The molecule has 0 saturated carbocycles. The summed E-state index contributed by atoms with van der Waals surface area (Å²) in [5.74, 6) is 0.262. The minimum Gasteiger partial charge on any atom is -0.508 e. The minimum absolute atomic E-state index is 0.0388. The summed E-state index contributed by atoms with van der Waals surface area (Å²) in [6, 6.07) is 9.55. The van der Waals surface area contributed by atoms with Crippen LogP contribution in [0.4, 0.5) is 10.5 Å². The molecule has 0 aliphatic heterocycles. The SMILES string of the molecule is CCCCOc1ccc(N(C(=O)O)S(=O)(=O)c2cc(O)ccc2C)cc1. The van der Waals surface area contributed by atoms with Crippen LogP contribution in [0, 0.1) is 6.92 Å². The number of nitrogens with zero attached hydrogens (tertiary/aromatic N) is 1. The van der Waals surface area contributed by atoms with Crippen LogP contribution in [0.5, 0.6) is 11.5 Å². The molecule has 140 valence electrons. The van der Waals surface area contributed by atoms with Crippen molar-refractivity contribution < 1.29 is 28.2 Å². The van der Waals surface area contributed by atoms with Crippen molar-refractivity contribution in [3.63, 3.8) is 0 Å². The number of aryl methyl sites for hydroxylation is 1. The Morgan fingerprint density at radius 3 is 2.38 bits per heavy atom. The molecule has 0 spiro atoms. The van der Waals surface area contributed by atoms with Gasteiger partial charge in [0.05, 0.1) is 17.2 Å². The van der Waals surface area contributed by atoms with Crippen LogP contribution in [0.15, 0.2) is 47.4 Å². The van der Waals surface area contributed by atoms with Gasteiger partial charge in [0.15, 0.2) is 0 Å². The standard InChI is InChI=1S/C18H21NO6S/c1-3-4-11-25-16-9-6-14(7-10-16)19(18(21)22)26(23,24)17-12-15(20)8-5-13(17)2/h5-10,12,20H,3-4,11H2,1-2H3,(H,21,22). The van der Waals surface area contributed by atoms with Crippen LogP contribution in [-0.4, -0.2) is 31.3 Å². The number of carboxylic acid groups (broad SMARTS) is 1. The van der Waals surface area contributed by atoms with Gasteiger partial charge in [0, 0.05) is 6.07 Å². The average molecular weight is 379 g/mol. The van der Waals surface area contributed by atoms with Crippen LogP contribution < -0.4 is 9.04 Å². The van der Waals surface area contributed by atoms with Gasteiger partial charge in [-0.2, -0.15) is 4.31 Å². The monoisotopic (exact) mass is 379 g/mol. The Morgan fingerprint density at radius 1 is 1.15 bits per heavy atom. The summed E-state index contributed by atoms with van der Waals surface area (Å²) < 4.78 is 31.5. The molecule has 2 N–H and O–H groups in total. The molecule has 0 saturated heterocycles. The quantitative estimate of drug-likeness (QED) is 0.710. The van der Waals surface area contributed by atoms with E-state index >= 15 is 0 Å². The number of unbranched alkanes of at least 4 members (excludes halogenated alkanes) is 1. The van der Waals surface area contributed by atoms with E-state index in [9.17, 15) is 23.4 Å². The maximum absolute atomic E-state index is 12.8. The van der Waals surface area contributed by atoms with Gasteiger partial charge < -0.3 is 14.9 Å². The van der Waals surface area contributed by atoms with Gasteiger partial charge in [-0.25, -0.2) is 13.2 Å². The van der Waals surface area contributed by atoms with E-state index in [0.29, 0.717) is 17.9 Å². The van der Waals surface area contributed by atoms with Gasteiger partial charge in [0.1, 0.15) is 11.5 Å². The molecule has 0 aliphatic rings. The van der Waals surface area contributed by atoms with Crippen molar-refractivity contribution in [2.24, 2.45) is 0 Å². The molecule has 1 amide bonds. The van der Waals surface area contributed by atoms with Crippen LogP contribution in [0.1, 0.15) is 25.3 Å². The van der Waals surface area contributed by atoms with Crippen molar-refractivity contribution in [2.45, 2.75) is 31.6 Å². The summed E-state index contributed by atoms with van der Waals surface area (Å²) in [7, 11) is -4.41. The smallest absolute Gasteiger partial charge is 0.426 e. The van der Waals surface area contributed by atoms with Gasteiger partial charge in [0.25, 0.3) is 10.0 Å². The molecule has 0 aromatic heterocycles. The lowest BCUT2D eigenvalue weighted by Gasteiger charge is -2.20. The summed E-state index contributed by atoms with van der Waals surface area (Å²) in [6.07, 6.45) is 0.216. The molecule has 0 radical (unpaired) electrons. The second-order valence-corrected chi connectivity index (χ2v) is 7.45. The fourth-order valence-corrected chi connectivity index (χ4v) is 3.88. The second kappa shape index (κ2) is 8.09. The van der Waals surface area contributed by atoms with E-state index in [-0.39, 0.29) is 20.6 Å². The van der Waals surface area contributed by atoms with Crippen LogP contribution in [0.25, 0.3) is 0 Å². The number of benzene rings is 2. The molecule has 0 unspecified atom stereocenters. The van der Waals surface area contributed by atoms with Gasteiger partial charge in [-0.1, -0.05) is 19.4 Å². The molecule has 7 nitrogen and oxygen atoms in total. The zero-order valence-corrected chi connectivity index (χ0v) is 15.4. The van der Waals surface area contributed by atoms with Crippen molar-refractivity contribution in [3.8, 4) is 11.5 Å². The highest BCUT2D eigenvalue weighted by Crippen LogP contribution is 2.29. The Kier molecular flexibility index (Phi) is 6.10. The second-order valence-electron chi connectivity index (χ2n) is 5.70. The van der Waals surface area contributed by atoms with Crippen molar-refractivity contribution in [1.29, 1.82) is 0 Å². The van der Waals surface area contributed by atoms with Crippen LogP contribution in [0.2, 0.25) is 0 Å². The Bertz CT molecular complexity index is 877. The van der Waals surface area contributed by atoms with E-state index in [1.165, 1.54) is 43.3 Å². The van der Waals surface area contributed by atoms with Gasteiger partial charge in [0.2, 0.25) is 0 Å². The predicted octanol–water partition coefficient (Wildman–Crippen LogP) is 3.75. The van der Waals surface area contributed by atoms with E-state index in [0.717, 1.165) is 18.9 Å². The maximum Gasteiger partial charge on any atom is 0.426 e. The average Bonchev–Trinajstić information content (AvgIpc) is 2.58. The highest BCUT2D eigenvalue weighted by atomic mass is 32.2. The molecule has 0 bridgehead atoms. The fourth-order valence-electron chi connectivity index (χ4n) is 2.33. The summed E-state index contributed by atoms with van der Waals surface area (Å²) in [5.41, 5.74) is 0.289. The Balaban J connectivity index is 2.39. The molecule has 2 aromatic rings. The van der Waals surface area contributed by atoms with Crippen LogP contribution >= 0.6 is 0 Å². The first-order chi connectivity index (χ1) is 12.3. The number of carbonyl (C=O) groups is 1. The van der Waals surface area contributed by atoms with Gasteiger partial charge in [-0.15, -0.1) is 0 Å². The largest absolute Gasteiger partial charge is 0.508 e. The third kappa shape index (κ3) is 4.26. The van der Waals surface area contributed by atoms with Crippen molar-refractivity contribution in [3.05, 3.63) is 48.0 Å². The highest BCUT2D eigenvalue weighted by Gasteiger charge is 2.32. The third-order valence-corrected chi connectivity index (χ3v) is 5.54. The Labute approximate surface area is 152 Å². The van der Waals surface area contributed by atoms with E-state index < -0.39 is 16.1 Å². The molecule has 8 heteroatoms. The number of anilines is 1. The lowest BCUT2D eigenvalue weighted by molar-refractivity contribution is 0.206. The van der Waals surface area contributed by atoms with Gasteiger partial charge in [-0.3, -0.25) is 0 Å². The number of phenolic OH excluding ortho intramolecular Hbond substituents is 1. The molecule has 0 atom stereocenters. The first kappa shape index (κ1) is 19.6. The molecule has 26 heavy (non-hydrogen) atoms. The van der Waals surface area contributed by atoms with E-state index in [1.807, 2.05) is 6.92 Å². The predicted molar refractivity (Wildman–Crippen MR) is 97.4 cm³/mol. The fraction of sp³-hybridized carbons (Fsp3) is 0.278. The number of aromatic hydroxyl groups is 1. The Morgan fingerprint density at radius 2 is 1.81 bits per heavy atom. The molecule has 2 rings (SSSR count). The van der Waals surface area contributed by atoms with E-state index in [4.69, 9.17) is 4.74 Å². The summed E-state index contributed by atoms with van der Waals surface area (Å²) >= 11 is 0. The van der Waals surface area contributed by atoms with Gasteiger partial charge >= 0.3 is 6.09 Å². The number of hydrogen-bond acceptors (Lipinski definition) is 5. The first-order valence-corrected chi connectivity index (χ1v) is 9.52. The van der Waals surface area contributed by atoms with Crippen LogP contribution in [0.3, 0.4) is 0 Å². The maximum atomic E-state index is 12.8. The van der Waals surface area contributed by atoms with E-state index in [1.54, 1.807) is 0 Å². The molecule has 2 aromatic carbocycles. The van der Waals surface area contributed by atoms with Crippen LogP contribution in [-0.2, 0) is 10.0 Å². The van der Waals surface area contributed by atoms with Crippen molar-refractivity contribution in [2.75, 3.05) is 10.9 Å². The number of sulfonamides is 1. The number of amides is 1. The summed E-state index contributed by atoms with van der Waals surface area (Å²) in [5, 5.41) is 19.1.